The summed E-state index contributed by atoms with van der Waals surface area (Å²) < 4.78 is 5.75. The number of carbonyl (C=O) groups excluding carboxylic acids is 1. The number of H-pyrrole nitrogens is 1. The summed E-state index contributed by atoms with van der Waals surface area (Å²) in [6, 6.07) is 5.07. The molecule has 1 atom stereocenters. The van der Waals surface area contributed by atoms with Gasteiger partial charge in [-0.1, -0.05) is 0 Å². The monoisotopic (exact) mass is 328 g/mol. The molecule has 0 unspecified atom stereocenters. The molecule has 0 radical (unpaired) electrons. The largest absolute Gasteiger partial charge is 0.375 e. The lowest BCUT2D eigenvalue weighted by molar-refractivity contribution is -0.0247. The first-order valence-electron chi connectivity index (χ1n) is 7.99. The van der Waals surface area contributed by atoms with E-state index in [1.165, 1.54) is 12.4 Å². The van der Waals surface area contributed by atoms with Crippen LogP contribution in [0.15, 0.2) is 35.5 Å². The molecule has 7 heteroatoms. The van der Waals surface area contributed by atoms with Gasteiger partial charge in [0.1, 0.15) is 0 Å². The summed E-state index contributed by atoms with van der Waals surface area (Å²) in [4.78, 5) is 36.6. The van der Waals surface area contributed by atoms with Gasteiger partial charge in [0.05, 0.1) is 24.6 Å². The first-order valence-corrected chi connectivity index (χ1v) is 7.99. The molecule has 1 fully saturated rings. The molecule has 3 heterocycles. The van der Waals surface area contributed by atoms with Gasteiger partial charge in [0.25, 0.3) is 11.5 Å². The fourth-order valence-electron chi connectivity index (χ4n) is 2.81. The van der Waals surface area contributed by atoms with Gasteiger partial charge in [-0.25, -0.2) is 4.98 Å². The predicted octanol–water partition coefficient (Wildman–Crippen LogP) is 0.947. The molecular formula is C17H20N4O3. The Labute approximate surface area is 139 Å². The van der Waals surface area contributed by atoms with Crippen molar-refractivity contribution >= 4 is 5.91 Å². The Morgan fingerprint density at radius 2 is 2.33 bits per heavy atom. The number of aromatic nitrogens is 3. The molecule has 0 spiro atoms. The van der Waals surface area contributed by atoms with E-state index in [2.05, 4.69) is 15.0 Å². The van der Waals surface area contributed by atoms with E-state index in [1.807, 2.05) is 11.8 Å². The molecule has 24 heavy (non-hydrogen) atoms. The first-order chi connectivity index (χ1) is 11.6. The number of nitrogens with one attached hydrogen (secondary N) is 1. The number of hydrogen-bond acceptors (Lipinski definition) is 5. The number of nitrogens with zero attached hydrogens (tertiary/aromatic N) is 3. The Bertz CT molecular complexity index is 774. The van der Waals surface area contributed by atoms with Crippen LogP contribution in [0.4, 0.5) is 0 Å². The Balaban J connectivity index is 1.61. The van der Waals surface area contributed by atoms with E-state index in [4.69, 9.17) is 4.74 Å². The topological polar surface area (TPSA) is 88.2 Å². The molecule has 1 aliphatic rings. The van der Waals surface area contributed by atoms with Crippen molar-refractivity contribution in [1.29, 1.82) is 0 Å². The van der Waals surface area contributed by atoms with E-state index in [9.17, 15) is 9.59 Å². The molecule has 0 aromatic carbocycles. The molecule has 7 nitrogen and oxygen atoms in total. The van der Waals surface area contributed by atoms with Gasteiger partial charge in [0.2, 0.25) is 0 Å². The number of aryl methyl sites for hydroxylation is 2. The summed E-state index contributed by atoms with van der Waals surface area (Å²) in [7, 11) is 0. The average molecular weight is 328 g/mol. The molecule has 1 aliphatic heterocycles. The summed E-state index contributed by atoms with van der Waals surface area (Å²) >= 11 is 0. The Morgan fingerprint density at radius 1 is 1.46 bits per heavy atom. The van der Waals surface area contributed by atoms with Gasteiger partial charge < -0.3 is 14.6 Å². The van der Waals surface area contributed by atoms with Crippen molar-refractivity contribution in [1.82, 2.24) is 19.9 Å². The summed E-state index contributed by atoms with van der Waals surface area (Å²) in [5.74, 6) is -0.0109. The van der Waals surface area contributed by atoms with Crippen molar-refractivity contribution in [3.63, 3.8) is 0 Å². The zero-order chi connectivity index (χ0) is 16.9. The van der Waals surface area contributed by atoms with Gasteiger partial charge in [-0.15, -0.1) is 0 Å². The minimum absolute atomic E-state index is 0.0109. The normalized spacial score (nSPS) is 17.7. The number of amides is 1. The van der Waals surface area contributed by atoms with Crippen molar-refractivity contribution in [3.05, 3.63) is 58.0 Å². The molecule has 1 saturated heterocycles. The summed E-state index contributed by atoms with van der Waals surface area (Å²) in [6.07, 6.45) is 4.39. The molecule has 0 bridgehead atoms. The van der Waals surface area contributed by atoms with Crippen molar-refractivity contribution in [2.24, 2.45) is 0 Å². The van der Waals surface area contributed by atoms with Crippen LogP contribution in [-0.4, -0.2) is 51.6 Å². The number of pyridine rings is 1. The van der Waals surface area contributed by atoms with Crippen molar-refractivity contribution < 1.29 is 9.53 Å². The van der Waals surface area contributed by atoms with Gasteiger partial charge in [-0.05, 0) is 31.9 Å². The highest BCUT2D eigenvalue weighted by Crippen LogP contribution is 2.15. The van der Waals surface area contributed by atoms with E-state index in [1.54, 1.807) is 18.3 Å². The highest BCUT2D eigenvalue weighted by Gasteiger charge is 2.26. The standard InChI is InChI=1S/C17H20N4O3/c1-12-15(3-2-6-18-12)17(23)21-7-8-24-14(10-21)5-4-13-9-16(22)20-11-19-13/h2-3,6,9,11,14H,4-5,7-8,10H2,1H3,(H,19,20,22)/t14-/m1/s1. The third-order valence-electron chi connectivity index (χ3n) is 4.12. The summed E-state index contributed by atoms with van der Waals surface area (Å²) in [5.41, 5.74) is 1.94. The second-order valence-electron chi connectivity index (χ2n) is 5.82. The fraction of sp³-hybridized carbons (Fsp3) is 0.412. The highest BCUT2D eigenvalue weighted by molar-refractivity contribution is 5.95. The van der Waals surface area contributed by atoms with Crippen molar-refractivity contribution in [2.75, 3.05) is 19.7 Å². The van der Waals surface area contributed by atoms with E-state index in [0.29, 0.717) is 38.1 Å². The number of morpholine rings is 1. The number of aromatic amines is 1. The van der Waals surface area contributed by atoms with Crippen LogP contribution in [0.1, 0.15) is 28.2 Å². The van der Waals surface area contributed by atoms with E-state index in [-0.39, 0.29) is 17.6 Å². The molecule has 0 aliphatic carbocycles. The second kappa shape index (κ2) is 7.35. The van der Waals surface area contributed by atoms with Crippen LogP contribution in [0.3, 0.4) is 0 Å². The van der Waals surface area contributed by atoms with E-state index >= 15 is 0 Å². The fourth-order valence-corrected chi connectivity index (χ4v) is 2.81. The van der Waals surface area contributed by atoms with Gasteiger partial charge >= 0.3 is 0 Å². The van der Waals surface area contributed by atoms with Crippen LogP contribution < -0.4 is 5.56 Å². The maximum Gasteiger partial charge on any atom is 0.255 e. The summed E-state index contributed by atoms with van der Waals surface area (Å²) in [5, 5.41) is 0. The lowest BCUT2D eigenvalue weighted by Gasteiger charge is -2.33. The van der Waals surface area contributed by atoms with Crippen molar-refractivity contribution in [2.45, 2.75) is 25.9 Å². The minimum atomic E-state index is -0.159. The maximum atomic E-state index is 12.7. The van der Waals surface area contributed by atoms with Gasteiger partial charge in [-0.3, -0.25) is 14.6 Å². The van der Waals surface area contributed by atoms with Crippen LogP contribution in [0.2, 0.25) is 0 Å². The van der Waals surface area contributed by atoms with Gasteiger partial charge in [0.15, 0.2) is 0 Å². The third-order valence-corrected chi connectivity index (χ3v) is 4.12. The van der Waals surface area contributed by atoms with Gasteiger partial charge in [-0.2, -0.15) is 0 Å². The number of carbonyl (C=O) groups is 1. The molecule has 3 rings (SSSR count). The average Bonchev–Trinajstić information content (AvgIpc) is 2.60. The predicted molar refractivity (Wildman–Crippen MR) is 87.8 cm³/mol. The maximum absolute atomic E-state index is 12.7. The Kier molecular flexibility index (Phi) is 5.00. The SMILES string of the molecule is Cc1ncccc1C(=O)N1CCO[C@H](CCc2cc(=O)[nH]cn2)C1. The van der Waals surface area contributed by atoms with Crippen LogP contribution in [0.5, 0.6) is 0 Å². The van der Waals surface area contributed by atoms with Crippen LogP contribution in [0, 0.1) is 6.92 Å². The lowest BCUT2D eigenvalue weighted by Crippen LogP contribution is -2.46. The van der Waals surface area contributed by atoms with Crippen LogP contribution >= 0.6 is 0 Å². The number of rotatable bonds is 4. The van der Waals surface area contributed by atoms with Crippen molar-refractivity contribution in [3.8, 4) is 0 Å². The minimum Gasteiger partial charge on any atom is -0.375 e. The van der Waals surface area contributed by atoms with E-state index < -0.39 is 0 Å². The summed E-state index contributed by atoms with van der Waals surface area (Å²) in [6.45, 7) is 3.46. The van der Waals surface area contributed by atoms with Crippen LogP contribution in [0.25, 0.3) is 0 Å². The number of ether oxygens (including phenoxy) is 1. The molecule has 1 N–H and O–H groups in total. The second-order valence-corrected chi connectivity index (χ2v) is 5.82. The molecule has 0 saturated carbocycles. The third kappa shape index (κ3) is 3.86. The highest BCUT2D eigenvalue weighted by atomic mass is 16.5. The zero-order valence-corrected chi connectivity index (χ0v) is 13.6. The Hall–Kier alpha value is -2.54. The van der Waals surface area contributed by atoms with E-state index in [0.717, 1.165) is 11.4 Å². The number of hydrogen-bond donors (Lipinski definition) is 1. The smallest absolute Gasteiger partial charge is 0.255 e. The molecule has 2 aromatic rings. The molecule has 126 valence electrons. The lowest BCUT2D eigenvalue weighted by atomic mass is 10.1. The first kappa shape index (κ1) is 16.3. The molecule has 1 amide bonds. The quantitative estimate of drug-likeness (QED) is 0.903. The Morgan fingerprint density at radius 3 is 3.12 bits per heavy atom. The molecular weight excluding hydrogens is 308 g/mol. The molecule has 2 aromatic heterocycles. The van der Waals surface area contributed by atoms with Crippen LogP contribution in [-0.2, 0) is 11.2 Å². The van der Waals surface area contributed by atoms with Gasteiger partial charge in [0, 0.05) is 36.7 Å². The zero-order valence-electron chi connectivity index (χ0n) is 13.6.